The standard InChI is InChI=1S/C18H27NO3/c1-21-15-17(20)9-12-22-18(14-17)7-10-19(11-8-18)13-16-5-3-2-4-6-16/h2-6,20H,7-15H2,1H3. The zero-order valence-electron chi connectivity index (χ0n) is 13.5. The normalized spacial score (nSPS) is 28.8. The van der Waals surface area contributed by atoms with Gasteiger partial charge in [0.15, 0.2) is 0 Å². The lowest BCUT2D eigenvalue weighted by molar-refractivity contribution is -0.191. The maximum atomic E-state index is 10.7. The topological polar surface area (TPSA) is 41.9 Å². The van der Waals surface area contributed by atoms with E-state index in [1.165, 1.54) is 5.56 Å². The van der Waals surface area contributed by atoms with Crippen LogP contribution in [0, 0.1) is 0 Å². The Morgan fingerprint density at radius 2 is 1.91 bits per heavy atom. The molecule has 1 atom stereocenters. The maximum Gasteiger partial charge on any atom is 0.0929 e. The van der Waals surface area contributed by atoms with Gasteiger partial charge in [-0.25, -0.2) is 0 Å². The van der Waals surface area contributed by atoms with Crippen LogP contribution in [0.3, 0.4) is 0 Å². The van der Waals surface area contributed by atoms with E-state index in [9.17, 15) is 5.11 Å². The number of rotatable bonds is 4. The number of nitrogens with zero attached hydrogens (tertiary/aromatic N) is 1. The highest BCUT2D eigenvalue weighted by atomic mass is 16.5. The first-order valence-electron chi connectivity index (χ1n) is 8.25. The lowest BCUT2D eigenvalue weighted by atomic mass is 9.77. The molecule has 0 aliphatic carbocycles. The van der Waals surface area contributed by atoms with Gasteiger partial charge >= 0.3 is 0 Å². The second-order valence-corrected chi connectivity index (χ2v) is 6.88. The molecule has 3 rings (SSSR count). The predicted molar refractivity (Wildman–Crippen MR) is 85.7 cm³/mol. The molecule has 2 saturated heterocycles. The van der Waals surface area contributed by atoms with Crippen molar-refractivity contribution in [3.8, 4) is 0 Å². The van der Waals surface area contributed by atoms with Crippen molar-refractivity contribution in [3.05, 3.63) is 35.9 Å². The molecule has 4 nitrogen and oxygen atoms in total. The van der Waals surface area contributed by atoms with Gasteiger partial charge in [0.2, 0.25) is 0 Å². The van der Waals surface area contributed by atoms with E-state index in [1.807, 2.05) is 0 Å². The Kier molecular flexibility index (Phi) is 4.83. The Morgan fingerprint density at radius 3 is 2.59 bits per heavy atom. The number of piperidine rings is 1. The second kappa shape index (κ2) is 6.67. The third-order valence-corrected chi connectivity index (χ3v) is 5.06. The third kappa shape index (κ3) is 3.69. The summed E-state index contributed by atoms with van der Waals surface area (Å²) in [4.78, 5) is 2.48. The number of likely N-dealkylation sites (tertiary alicyclic amines) is 1. The summed E-state index contributed by atoms with van der Waals surface area (Å²) < 4.78 is 11.3. The molecule has 2 fully saturated rings. The van der Waals surface area contributed by atoms with Crippen molar-refractivity contribution in [2.75, 3.05) is 33.4 Å². The molecule has 1 N–H and O–H groups in total. The number of benzene rings is 1. The van der Waals surface area contributed by atoms with E-state index in [2.05, 4.69) is 35.2 Å². The van der Waals surface area contributed by atoms with E-state index in [0.717, 1.165) is 32.5 Å². The van der Waals surface area contributed by atoms with Crippen LogP contribution in [-0.2, 0) is 16.0 Å². The van der Waals surface area contributed by atoms with Crippen molar-refractivity contribution in [3.63, 3.8) is 0 Å². The molecule has 0 aromatic heterocycles. The molecule has 4 heteroatoms. The van der Waals surface area contributed by atoms with Crippen LogP contribution in [0.1, 0.15) is 31.2 Å². The molecule has 0 bridgehead atoms. The Bertz CT molecular complexity index is 466. The molecule has 22 heavy (non-hydrogen) atoms. The fourth-order valence-electron chi connectivity index (χ4n) is 3.87. The second-order valence-electron chi connectivity index (χ2n) is 6.88. The molecule has 122 valence electrons. The van der Waals surface area contributed by atoms with Gasteiger partial charge < -0.3 is 14.6 Å². The molecule has 1 spiro atoms. The molecule has 1 aromatic carbocycles. The highest BCUT2D eigenvalue weighted by Crippen LogP contribution is 2.39. The summed E-state index contributed by atoms with van der Waals surface area (Å²) in [6.07, 6.45) is 3.36. The number of ether oxygens (including phenoxy) is 2. The van der Waals surface area contributed by atoms with Crippen LogP contribution in [0.25, 0.3) is 0 Å². The Hall–Kier alpha value is -0.940. The zero-order valence-corrected chi connectivity index (χ0v) is 13.5. The summed E-state index contributed by atoms with van der Waals surface area (Å²) in [5.74, 6) is 0. The minimum absolute atomic E-state index is 0.154. The number of hydrogen-bond acceptors (Lipinski definition) is 4. The van der Waals surface area contributed by atoms with Gasteiger partial charge in [0, 0.05) is 39.6 Å². The smallest absolute Gasteiger partial charge is 0.0929 e. The van der Waals surface area contributed by atoms with E-state index in [4.69, 9.17) is 9.47 Å². The summed E-state index contributed by atoms with van der Waals surface area (Å²) in [6.45, 7) is 4.10. The number of methoxy groups -OCH3 is 1. The quantitative estimate of drug-likeness (QED) is 0.926. The third-order valence-electron chi connectivity index (χ3n) is 5.06. The number of aliphatic hydroxyl groups is 1. The van der Waals surface area contributed by atoms with Crippen molar-refractivity contribution < 1.29 is 14.6 Å². The fraction of sp³-hybridized carbons (Fsp3) is 0.667. The van der Waals surface area contributed by atoms with Crippen LogP contribution >= 0.6 is 0 Å². The molecule has 2 aliphatic rings. The molecular formula is C18H27NO3. The van der Waals surface area contributed by atoms with Gasteiger partial charge in [0.05, 0.1) is 24.4 Å². The van der Waals surface area contributed by atoms with E-state index < -0.39 is 5.60 Å². The summed E-state index contributed by atoms with van der Waals surface area (Å²) in [5, 5.41) is 10.7. The minimum atomic E-state index is -0.714. The van der Waals surface area contributed by atoms with Gasteiger partial charge in [-0.2, -0.15) is 0 Å². The molecule has 1 unspecified atom stereocenters. The minimum Gasteiger partial charge on any atom is -0.387 e. The van der Waals surface area contributed by atoms with Crippen molar-refractivity contribution in [1.82, 2.24) is 4.90 Å². The van der Waals surface area contributed by atoms with Crippen LogP contribution < -0.4 is 0 Å². The van der Waals surface area contributed by atoms with Crippen LogP contribution in [0.2, 0.25) is 0 Å². The summed E-state index contributed by atoms with van der Waals surface area (Å²) in [7, 11) is 1.66. The number of hydrogen-bond donors (Lipinski definition) is 1. The molecule has 0 radical (unpaired) electrons. The molecular weight excluding hydrogens is 278 g/mol. The average molecular weight is 305 g/mol. The molecule has 0 amide bonds. The van der Waals surface area contributed by atoms with Gasteiger partial charge in [-0.15, -0.1) is 0 Å². The molecule has 2 heterocycles. The predicted octanol–water partition coefficient (Wildman–Crippen LogP) is 2.21. The molecule has 2 aliphatic heterocycles. The summed E-state index contributed by atoms with van der Waals surface area (Å²) >= 11 is 0. The SMILES string of the molecule is COCC1(O)CCOC2(CCN(Cc3ccccc3)CC2)C1. The molecule has 0 saturated carbocycles. The maximum absolute atomic E-state index is 10.7. The highest BCUT2D eigenvalue weighted by Gasteiger charge is 2.46. The Balaban J connectivity index is 1.56. The first kappa shape index (κ1) is 15.9. The summed E-state index contributed by atoms with van der Waals surface area (Å²) in [6, 6.07) is 10.6. The lowest BCUT2D eigenvalue weighted by Crippen LogP contribution is -2.55. The van der Waals surface area contributed by atoms with Gasteiger partial charge in [-0.1, -0.05) is 30.3 Å². The van der Waals surface area contributed by atoms with Crippen LogP contribution in [0.15, 0.2) is 30.3 Å². The van der Waals surface area contributed by atoms with Gasteiger partial charge in [-0.3, -0.25) is 4.90 Å². The summed E-state index contributed by atoms with van der Waals surface area (Å²) in [5.41, 5.74) is 0.492. The highest BCUT2D eigenvalue weighted by molar-refractivity contribution is 5.14. The first-order chi connectivity index (χ1) is 10.6. The van der Waals surface area contributed by atoms with Crippen LogP contribution in [0.5, 0.6) is 0 Å². The van der Waals surface area contributed by atoms with Crippen molar-refractivity contribution in [2.45, 2.75) is 43.4 Å². The van der Waals surface area contributed by atoms with Crippen LogP contribution in [-0.4, -0.2) is 54.6 Å². The van der Waals surface area contributed by atoms with Gasteiger partial charge in [0.25, 0.3) is 0 Å². The van der Waals surface area contributed by atoms with Gasteiger partial charge in [0.1, 0.15) is 0 Å². The van der Waals surface area contributed by atoms with E-state index in [0.29, 0.717) is 26.1 Å². The first-order valence-corrected chi connectivity index (χ1v) is 8.25. The lowest BCUT2D eigenvalue weighted by Gasteiger charge is -2.49. The van der Waals surface area contributed by atoms with Gasteiger partial charge in [-0.05, 0) is 18.4 Å². The van der Waals surface area contributed by atoms with Crippen molar-refractivity contribution >= 4 is 0 Å². The average Bonchev–Trinajstić information content (AvgIpc) is 2.51. The Labute approximate surface area is 133 Å². The van der Waals surface area contributed by atoms with E-state index >= 15 is 0 Å². The largest absolute Gasteiger partial charge is 0.387 e. The van der Waals surface area contributed by atoms with Crippen molar-refractivity contribution in [2.24, 2.45) is 0 Å². The fourth-order valence-corrected chi connectivity index (χ4v) is 3.87. The zero-order chi connectivity index (χ0) is 15.5. The monoisotopic (exact) mass is 305 g/mol. The van der Waals surface area contributed by atoms with E-state index in [-0.39, 0.29) is 5.60 Å². The van der Waals surface area contributed by atoms with Crippen molar-refractivity contribution in [1.29, 1.82) is 0 Å². The Morgan fingerprint density at radius 1 is 1.18 bits per heavy atom. The van der Waals surface area contributed by atoms with Crippen LogP contribution in [0.4, 0.5) is 0 Å². The van der Waals surface area contributed by atoms with E-state index in [1.54, 1.807) is 7.11 Å². The molecule has 1 aromatic rings.